The molecule has 4 nitrogen and oxygen atoms in total. The maximum absolute atomic E-state index is 4.66. The van der Waals surface area contributed by atoms with E-state index in [0.717, 1.165) is 24.6 Å². The van der Waals surface area contributed by atoms with E-state index in [4.69, 9.17) is 0 Å². The summed E-state index contributed by atoms with van der Waals surface area (Å²) in [5, 5.41) is 3.65. The van der Waals surface area contributed by atoms with E-state index in [-0.39, 0.29) is 0 Å². The van der Waals surface area contributed by atoms with Gasteiger partial charge in [0.1, 0.15) is 0 Å². The number of anilines is 1. The third-order valence-electron chi connectivity index (χ3n) is 4.23. The van der Waals surface area contributed by atoms with E-state index in [1.54, 1.807) is 0 Å². The Hall–Kier alpha value is -1.84. The quantitative estimate of drug-likeness (QED) is 0.912. The van der Waals surface area contributed by atoms with Crippen molar-refractivity contribution < 1.29 is 0 Å². The topological polar surface area (TPSA) is 42.7 Å². The first-order valence-corrected chi connectivity index (χ1v) is 8.00. The van der Waals surface area contributed by atoms with Crippen LogP contribution in [0.25, 0.3) is 0 Å². The third-order valence-corrected chi connectivity index (χ3v) is 4.23. The highest BCUT2D eigenvalue weighted by atomic mass is 15.2. The van der Waals surface area contributed by atoms with Gasteiger partial charge in [0.15, 0.2) is 0 Å². The number of hydrogen-bond acceptors (Lipinski definition) is 3. The zero-order valence-electron chi connectivity index (χ0n) is 12.8. The van der Waals surface area contributed by atoms with Crippen molar-refractivity contribution in [2.24, 2.45) is 0 Å². The van der Waals surface area contributed by atoms with Gasteiger partial charge >= 0.3 is 0 Å². The van der Waals surface area contributed by atoms with E-state index in [1.807, 2.05) is 12.4 Å². The first-order valence-electron chi connectivity index (χ1n) is 8.00. The molecule has 1 fully saturated rings. The highest BCUT2D eigenvalue weighted by Gasteiger charge is 2.15. The predicted molar refractivity (Wildman–Crippen MR) is 85.4 cm³/mol. The lowest BCUT2D eigenvalue weighted by Crippen LogP contribution is -2.24. The van der Waals surface area contributed by atoms with Crippen LogP contribution in [0.15, 0.2) is 30.7 Å². The van der Waals surface area contributed by atoms with Crippen molar-refractivity contribution in [3.63, 3.8) is 0 Å². The van der Waals surface area contributed by atoms with Crippen LogP contribution in [0.4, 0.5) is 5.95 Å². The van der Waals surface area contributed by atoms with E-state index >= 15 is 0 Å². The van der Waals surface area contributed by atoms with Crippen LogP contribution in [-0.4, -0.2) is 20.6 Å². The zero-order valence-corrected chi connectivity index (χ0v) is 12.8. The minimum absolute atomic E-state index is 0.597. The van der Waals surface area contributed by atoms with Gasteiger partial charge in [-0.2, -0.15) is 0 Å². The second-order valence-electron chi connectivity index (χ2n) is 5.98. The van der Waals surface area contributed by atoms with Crippen LogP contribution in [-0.2, 0) is 13.0 Å². The molecule has 4 heteroatoms. The minimum Gasteiger partial charge on any atom is -0.353 e. The number of nitrogens with one attached hydrogen (secondary N) is 1. The van der Waals surface area contributed by atoms with Crippen LogP contribution in [0, 0.1) is 6.92 Å². The maximum Gasteiger partial charge on any atom is 0.203 e. The van der Waals surface area contributed by atoms with Crippen LogP contribution >= 0.6 is 0 Å². The SMILES string of the molecule is Cc1cn(CCc2ccncc2)c(NC2CCCCC2)n1. The molecule has 2 aromatic rings. The molecular formula is C17H24N4. The molecule has 0 radical (unpaired) electrons. The molecule has 1 saturated carbocycles. The second-order valence-corrected chi connectivity index (χ2v) is 5.98. The summed E-state index contributed by atoms with van der Waals surface area (Å²) in [6.07, 6.45) is 13.5. The summed E-state index contributed by atoms with van der Waals surface area (Å²) in [5.74, 6) is 1.04. The van der Waals surface area contributed by atoms with Crippen molar-refractivity contribution in [3.05, 3.63) is 42.0 Å². The van der Waals surface area contributed by atoms with Crippen molar-refractivity contribution in [2.75, 3.05) is 5.32 Å². The van der Waals surface area contributed by atoms with Gasteiger partial charge < -0.3 is 9.88 Å². The van der Waals surface area contributed by atoms with Crippen LogP contribution < -0.4 is 5.32 Å². The summed E-state index contributed by atoms with van der Waals surface area (Å²) in [4.78, 5) is 8.72. The lowest BCUT2D eigenvalue weighted by atomic mass is 9.96. The lowest BCUT2D eigenvalue weighted by molar-refractivity contribution is 0.459. The number of aryl methyl sites for hydroxylation is 3. The molecule has 1 N–H and O–H groups in total. The molecule has 1 aliphatic carbocycles. The van der Waals surface area contributed by atoms with Crippen LogP contribution in [0.1, 0.15) is 43.4 Å². The molecule has 0 atom stereocenters. The Morgan fingerprint density at radius 2 is 1.95 bits per heavy atom. The number of pyridine rings is 1. The maximum atomic E-state index is 4.66. The van der Waals surface area contributed by atoms with Crippen LogP contribution in [0.2, 0.25) is 0 Å². The van der Waals surface area contributed by atoms with Gasteiger partial charge in [0.2, 0.25) is 5.95 Å². The normalized spacial score (nSPS) is 16.0. The monoisotopic (exact) mass is 284 g/mol. The fourth-order valence-electron chi connectivity index (χ4n) is 3.06. The molecule has 0 spiro atoms. The fraction of sp³-hybridized carbons (Fsp3) is 0.529. The second kappa shape index (κ2) is 6.74. The van der Waals surface area contributed by atoms with Crippen molar-refractivity contribution >= 4 is 5.95 Å². The summed E-state index contributed by atoms with van der Waals surface area (Å²) >= 11 is 0. The van der Waals surface area contributed by atoms with Gasteiger partial charge in [0, 0.05) is 31.2 Å². The third kappa shape index (κ3) is 3.84. The van der Waals surface area contributed by atoms with E-state index < -0.39 is 0 Å². The smallest absolute Gasteiger partial charge is 0.203 e. The van der Waals surface area contributed by atoms with Gasteiger partial charge in [0.25, 0.3) is 0 Å². The van der Waals surface area contributed by atoms with Gasteiger partial charge in [-0.3, -0.25) is 4.98 Å². The Morgan fingerprint density at radius 3 is 2.71 bits per heavy atom. The molecule has 3 rings (SSSR count). The summed E-state index contributed by atoms with van der Waals surface area (Å²) in [6.45, 7) is 3.02. The molecule has 0 aliphatic heterocycles. The number of rotatable bonds is 5. The fourth-order valence-corrected chi connectivity index (χ4v) is 3.06. The molecule has 2 aromatic heterocycles. The first-order chi connectivity index (χ1) is 10.3. The van der Waals surface area contributed by atoms with Gasteiger partial charge in [-0.15, -0.1) is 0 Å². The molecule has 0 unspecified atom stereocenters. The van der Waals surface area contributed by atoms with Crippen LogP contribution in [0.5, 0.6) is 0 Å². The zero-order chi connectivity index (χ0) is 14.5. The van der Waals surface area contributed by atoms with Crippen molar-refractivity contribution in [3.8, 4) is 0 Å². The molecule has 0 bridgehead atoms. The van der Waals surface area contributed by atoms with Crippen LogP contribution in [0.3, 0.4) is 0 Å². The van der Waals surface area contributed by atoms with Crippen molar-refractivity contribution in [1.29, 1.82) is 0 Å². The molecule has 2 heterocycles. The van der Waals surface area contributed by atoms with E-state index in [9.17, 15) is 0 Å². The summed E-state index contributed by atoms with van der Waals surface area (Å²) in [7, 11) is 0. The Balaban J connectivity index is 1.64. The largest absolute Gasteiger partial charge is 0.353 e. The van der Waals surface area contributed by atoms with Gasteiger partial charge in [-0.05, 0) is 43.9 Å². The Kier molecular flexibility index (Phi) is 4.53. The molecule has 0 saturated heterocycles. The highest BCUT2D eigenvalue weighted by molar-refractivity contribution is 5.30. The molecule has 21 heavy (non-hydrogen) atoms. The molecule has 0 amide bonds. The number of hydrogen-bond donors (Lipinski definition) is 1. The van der Waals surface area contributed by atoms with Gasteiger partial charge in [-0.1, -0.05) is 19.3 Å². The number of nitrogens with zero attached hydrogens (tertiary/aromatic N) is 3. The average Bonchev–Trinajstić information content (AvgIpc) is 2.87. The highest BCUT2D eigenvalue weighted by Crippen LogP contribution is 2.21. The van der Waals surface area contributed by atoms with Gasteiger partial charge in [-0.25, -0.2) is 4.98 Å². The van der Waals surface area contributed by atoms with Crippen molar-refractivity contribution in [1.82, 2.24) is 14.5 Å². The first kappa shape index (κ1) is 14.1. The number of aromatic nitrogens is 3. The predicted octanol–water partition coefficient (Wildman–Crippen LogP) is 3.57. The Morgan fingerprint density at radius 1 is 1.19 bits per heavy atom. The number of imidazole rings is 1. The minimum atomic E-state index is 0.597. The van der Waals surface area contributed by atoms with Gasteiger partial charge in [0.05, 0.1) is 5.69 Å². The average molecular weight is 284 g/mol. The van der Waals surface area contributed by atoms with Crippen molar-refractivity contribution in [2.45, 2.75) is 58.0 Å². The Bertz CT molecular complexity index is 555. The summed E-state index contributed by atoms with van der Waals surface area (Å²) in [5.41, 5.74) is 2.41. The van der Waals surface area contributed by atoms with E-state index in [2.05, 4.69) is 45.1 Å². The van der Waals surface area contributed by atoms with E-state index in [1.165, 1.54) is 37.7 Å². The summed E-state index contributed by atoms with van der Waals surface area (Å²) in [6, 6.07) is 4.76. The Labute approximate surface area is 126 Å². The molecule has 1 aliphatic rings. The van der Waals surface area contributed by atoms with E-state index in [0.29, 0.717) is 6.04 Å². The molecule has 0 aromatic carbocycles. The molecular weight excluding hydrogens is 260 g/mol. The standard InChI is InChI=1S/C17H24N4/c1-14-13-21(12-9-15-7-10-18-11-8-15)17(19-14)20-16-5-3-2-4-6-16/h7-8,10-11,13,16H,2-6,9,12H2,1H3,(H,19,20). The molecule has 112 valence electrons. The lowest BCUT2D eigenvalue weighted by Gasteiger charge is -2.23. The summed E-state index contributed by atoms with van der Waals surface area (Å²) < 4.78 is 2.25.